The van der Waals surface area contributed by atoms with Crippen molar-refractivity contribution in [2.24, 2.45) is 5.73 Å². The molecule has 0 radical (unpaired) electrons. The molecule has 0 spiro atoms. The van der Waals surface area contributed by atoms with Gasteiger partial charge in [0.2, 0.25) is 0 Å². The van der Waals surface area contributed by atoms with E-state index in [1.807, 2.05) is 25.1 Å². The summed E-state index contributed by atoms with van der Waals surface area (Å²) in [5.74, 6) is -0.440. The summed E-state index contributed by atoms with van der Waals surface area (Å²) in [5, 5.41) is 4.02. The molecule has 1 aromatic carbocycles. The fraction of sp³-hybridized carbons (Fsp3) is 0.0909. The number of hydrogen-bond acceptors (Lipinski definition) is 4. The molecule has 0 atom stereocenters. The summed E-state index contributed by atoms with van der Waals surface area (Å²) >= 11 is 1.35. The molecule has 0 saturated carbocycles. The molecule has 2 rings (SSSR count). The predicted molar refractivity (Wildman–Crippen MR) is 65.1 cm³/mol. The zero-order chi connectivity index (χ0) is 11.5. The maximum Gasteiger partial charge on any atom is 0.250 e. The molecule has 0 saturated heterocycles. The first-order valence-corrected chi connectivity index (χ1v) is 5.53. The van der Waals surface area contributed by atoms with Crippen LogP contribution in [0.25, 0.3) is 0 Å². The van der Waals surface area contributed by atoms with E-state index in [0.717, 1.165) is 10.7 Å². The number of carbonyl (C=O) groups is 1. The number of nitrogens with zero attached hydrogens (tertiary/aromatic N) is 1. The highest BCUT2D eigenvalue weighted by molar-refractivity contribution is 7.10. The van der Waals surface area contributed by atoms with Crippen molar-refractivity contribution in [3.63, 3.8) is 0 Å². The third kappa shape index (κ3) is 2.20. The summed E-state index contributed by atoms with van der Waals surface area (Å²) in [7, 11) is 0. The van der Waals surface area contributed by atoms with Crippen LogP contribution in [0.3, 0.4) is 0 Å². The van der Waals surface area contributed by atoms with Crippen molar-refractivity contribution in [1.29, 1.82) is 0 Å². The Morgan fingerprint density at radius 1 is 1.44 bits per heavy atom. The molecule has 0 aliphatic carbocycles. The molecule has 0 aliphatic heterocycles. The van der Waals surface area contributed by atoms with Crippen molar-refractivity contribution in [3.05, 3.63) is 41.6 Å². The van der Waals surface area contributed by atoms with Crippen molar-refractivity contribution < 1.29 is 4.79 Å². The van der Waals surface area contributed by atoms with E-state index in [9.17, 15) is 4.79 Å². The summed E-state index contributed by atoms with van der Waals surface area (Å²) in [6.45, 7) is 1.92. The molecule has 0 aliphatic rings. The number of hydrogen-bond donors (Lipinski definition) is 2. The first kappa shape index (κ1) is 10.6. The molecule has 1 heterocycles. The maximum absolute atomic E-state index is 11.2. The molecular formula is C11H11N3OS. The average molecular weight is 233 g/mol. The topological polar surface area (TPSA) is 68.0 Å². The largest absolute Gasteiger partial charge is 0.366 e. The Hall–Kier alpha value is -1.88. The van der Waals surface area contributed by atoms with E-state index in [2.05, 4.69) is 9.69 Å². The quantitative estimate of drug-likeness (QED) is 0.854. The van der Waals surface area contributed by atoms with Gasteiger partial charge >= 0.3 is 0 Å². The van der Waals surface area contributed by atoms with Crippen LogP contribution in [0.4, 0.5) is 10.7 Å². The fourth-order valence-electron chi connectivity index (χ4n) is 1.36. The Kier molecular flexibility index (Phi) is 2.87. The van der Waals surface area contributed by atoms with E-state index in [4.69, 9.17) is 5.73 Å². The minimum atomic E-state index is -0.440. The van der Waals surface area contributed by atoms with E-state index in [1.54, 1.807) is 12.1 Å². The number of primary amides is 1. The van der Waals surface area contributed by atoms with Gasteiger partial charge in [-0.1, -0.05) is 12.1 Å². The van der Waals surface area contributed by atoms with Crippen molar-refractivity contribution in [3.8, 4) is 0 Å². The monoisotopic (exact) mass is 233 g/mol. The van der Waals surface area contributed by atoms with Crippen molar-refractivity contribution in [2.75, 3.05) is 5.32 Å². The standard InChI is InChI=1S/C11H11N3OS/c1-7-6-10(16-14-7)13-9-5-3-2-4-8(9)11(12)15/h2-6,13H,1H3,(H2,12,15). The molecule has 3 N–H and O–H groups in total. The summed E-state index contributed by atoms with van der Waals surface area (Å²) < 4.78 is 4.15. The number of nitrogens with one attached hydrogen (secondary N) is 1. The van der Waals surface area contributed by atoms with Gasteiger partial charge in [-0.2, -0.15) is 4.37 Å². The molecule has 2 aromatic rings. The van der Waals surface area contributed by atoms with Crippen LogP contribution < -0.4 is 11.1 Å². The van der Waals surface area contributed by atoms with Gasteiger partial charge in [-0.15, -0.1) is 0 Å². The lowest BCUT2D eigenvalue weighted by Crippen LogP contribution is -2.12. The van der Waals surface area contributed by atoms with Gasteiger partial charge < -0.3 is 11.1 Å². The Morgan fingerprint density at radius 3 is 2.81 bits per heavy atom. The van der Waals surface area contributed by atoms with Crippen LogP contribution in [0, 0.1) is 6.92 Å². The van der Waals surface area contributed by atoms with E-state index >= 15 is 0 Å². The van der Waals surface area contributed by atoms with Gasteiger partial charge in [0.1, 0.15) is 5.00 Å². The maximum atomic E-state index is 11.2. The molecule has 0 bridgehead atoms. The van der Waals surface area contributed by atoms with Crippen LogP contribution in [-0.4, -0.2) is 10.3 Å². The van der Waals surface area contributed by atoms with Crippen LogP contribution >= 0.6 is 11.5 Å². The van der Waals surface area contributed by atoms with Crippen LogP contribution in [0.2, 0.25) is 0 Å². The molecular weight excluding hydrogens is 222 g/mol. The number of para-hydroxylation sites is 1. The lowest BCUT2D eigenvalue weighted by molar-refractivity contribution is 0.100. The second kappa shape index (κ2) is 4.32. The summed E-state index contributed by atoms with van der Waals surface area (Å²) in [6.07, 6.45) is 0. The lowest BCUT2D eigenvalue weighted by atomic mass is 10.1. The van der Waals surface area contributed by atoms with Crippen molar-refractivity contribution >= 4 is 28.1 Å². The highest BCUT2D eigenvalue weighted by Gasteiger charge is 2.07. The summed E-state index contributed by atoms with van der Waals surface area (Å²) in [4.78, 5) is 11.2. The number of nitrogens with two attached hydrogens (primary N) is 1. The van der Waals surface area contributed by atoms with E-state index in [-0.39, 0.29) is 0 Å². The van der Waals surface area contributed by atoms with E-state index < -0.39 is 5.91 Å². The third-order valence-corrected chi connectivity index (χ3v) is 2.87. The van der Waals surface area contributed by atoms with Gasteiger partial charge in [0, 0.05) is 0 Å². The smallest absolute Gasteiger partial charge is 0.250 e. The molecule has 1 amide bonds. The Balaban J connectivity index is 2.31. The predicted octanol–water partition coefficient (Wildman–Crippen LogP) is 2.29. The number of benzene rings is 1. The highest BCUT2D eigenvalue weighted by atomic mass is 32.1. The molecule has 4 nitrogen and oxygen atoms in total. The highest BCUT2D eigenvalue weighted by Crippen LogP contribution is 2.23. The lowest BCUT2D eigenvalue weighted by Gasteiger charge is -2.06. The molecule has 5 heteroatoms. The number of aryl methyl sites for hydroxylation is 1. The number of amides is 1. The van der Waals surface area contributed by atoms with Gasteiger partial charge in [0.05, 0.1) is 16.9 Å². The Labute approximate surface area is 97.3 Å². The average Bonchev–Trinajstić information content (AvgIpc) is 2.64. The summed E-state index contributed by atoms with van der Waals surface area (Å²) in [5.41, 5.74) is 7.42. The zero-order valence-corrected chi connectivity index (χ0v) is 9.54. The Morgan fingerprint density at radius 2 is 2.19 bits per heavy atom. The fourth-order valence-corrected chi connectivity index (χ4v) is 2.04. The number of aromatic nitrogens is 1. The van der Waals surface area contributed by atoms with Gasteiger partial charge in [-0.25, -0.2) is 0 Å². The van der Waals surface area contributed by atoms with Crippen LogP contribution in [-0.2, 0) is 0 Å². The second-order valence-corrected chi connectivity index (χ2v) is 4.17. The van der Waals surface area contributed by atoms with E-state index in [0.29, 0.717) is 11.3 Å². The number of rotatable bonds is 3. The molecule has 82 valence electrons. The number of carbonyl (C=O) groups excluding carboxylic acids is 1. The molecule has 16 heavy (non-hydrogen) atoms. The third-order valence-electron chi connectivity index (χ3n) is 2.08. The molecule has 0 unspecified atom stereocenters. The molecule has 1 aromatic heterocycles. The van der Waals surface area contributed by atoms with Crippen molar-refractivity contribution in [2.45, 2.75) is 6.92 Å². The minimum absolute atomic E-state index is 0.440. The normalized spacial score (nSPS) is 10.1. The Bertz CT molecular complexity index is 521. The zero-order valence-electron chi connectivity index (χ0n) is 8.73. The van der Waals surface area contributed by atoms with Gasteiger partial charge in [0.15, 0.2) is 0 Å². The number of anilines is 2. The van der Waals surface area contributed by atoms with Crippen LogP contribution in [0.1, 0.15) is 16.1 Å². The van der Waals surface area contributed by atoms with Crippen LogP contribution in [0.15, 0.2) is 30.3 Å². The van der Waals surface area contributed by atoms with E-state index in [1.165, 1.54) is 11.5 Å². The van der Waals surface area contributed by atoms with Gasteiger partial charge in [-0.3, -0.25) is 4.79 Å². The second-order valence-electron chi connectivity index (χ2n) is 3.37. The van der Waals surface area contributed by atoms with Gasteiger partial charge in [0.25, 0.3) is 5.91 Å². The first-order valence-electron chi connectivity index (χ1n) is 4.76. The van der Waals surface area contributed by atoms with Crippen molar-refractivity contribution in [1.82, 2.24) is 4.37 Å². The summed E-state index contributed by atoms with van der Waals surface area (Å²) in [6, 6.07) is 9.06. The van der Waals surface area contributed by atoms with Crippen LogP contribution in [0.5, 0.6) is 0 Å². The van der Waals surface area contributed by atoms with Gasteiger partial charge in [-0.05, 0) is 36.7 Å². The minimum Gasteiger partial charge on any atom is -0.366 e. The first-order chi connectivity index (χ1) is 7.66. The molecule has 0 fully saturated rings. The SMILES string of the molecule is Cc1cc(Nc2ccccc2C(N)=O)sn1.